The van der Waals surface area contributed by atoms with Gasteiger partial charge in [0.1, 0.15) is 5.52 Å². The Kier molecular flexibility index (Phi) is 3.63. The largest absolute Gasteiger partial charge is 0.388 e. The zero-order valence-electron chi connectivity index (χ0n) is 12.2. The molecule has 0 aliphatic heterocycles. The molecule has 2 N–H and O–H groups in total. The molecule has 0 bridgehead atoms. The second-order valence-corrected chi connectivity index (χ2v) is 5.72. The molecular formula is C15H20N4O2. The Morgan fingerprint density at radius 2 is 2.19 bits per heavy atom. The molecule has 112 valence electrons. The average molecular weight is 288 g/mol. The number of carbonyl (C=O) groups excluding carboxylic acids is 1. The number of fused-ring (bicyclic) bond motifs is 1. The predicted octanol–water partition coefficient (Wildman–Crippen LogP) is 1.49. The highest BCUT2D eigenvalue weighted by Gasteiger charge is 2.31. The Morgan fingerprint density at radius 1 is 1.43 bits per heavy atom. The first-order valence-electron chi connectivity index (χ1n) is 7.45. The van der Waals surface area contributed by atoms with Gasteiger partial charge in [-0.2, -0.15) is 0 Å². The number of carbonyl (C=O) groups is 1. The molecule has 0 radical (unpaired) electrons. The number of aliphatic hydroxyl groups is 1. The molecule has 3 rings (SSSR count). The SMILES string of the molecule is CCn1nnc2cc(C(=O)NCC3(O)CCCC3)ccc21. The third-order valence-electron chi connectivity index (χ3n) is 4.19. The summed E-state index contributed by atoms with van der Waals surface area (Å²) in [6.07, 6.45) is 3.57. The molecule has 2 aromatic rings. The minimum absolute atomic E-state index is 0.178. The van der Waals surface area contributed by atoms with Gasteiger partial charge in [-0.1, -0.05) is 18.1 Å². The van der Waals surface area contributed by atoms with E-state index in [0.717, 1.165) is 37.7 Å². The Balaban J connectivity index is 1.72. The molecule has 1 fully saturated rings. The topological polar surface area (TPSA) is 80.0 Å². The first kappa shape index (κ1) is 14.0. The second-order valence-electron chi connectivity index (χ2n) is 5.72. The van der Waals surface area contributed by atoms with Crippen LogP contribution >= 0.6 is 0 Å². The Labute approximate surface area is 123 Å². The summed E-state index contributed by atoms with van der Waals surface area (Å²) in [4.78, 5) is 12.2. The normalized spacial score (nSPS) is 17.2. The maximum atomic E-state index is 12.2. The van der Waals surface area contributed by atoms with E-state index in [1.807, 2.05) is 13.0 Å². The third kappa shape index (κ3) is 2.76. The summed E-state index contributed by atoms with van der Waals surface area (Å²) in [7, 11) is 0. The number of hydrogen-bond acceptors (Lipinski definition) is 4. The number of hydrogen-bond donors (Lipinski definition) is 2. The molecule has 21 heavy (non-hydrogen) atoms. The van der Waals surface area contributed by atoms with Crippen LogP contribution in [0.25, 0.3) is 11.0 Å². The number of rotatable bonds is 4. The summed E-state index contributed by atoms with van der Waals surface area (Å²) in [5, 5.41) is 21.2. The van der Waals surface area contributed by atoms with E-state index in [1.54, 1.807) is 16.8 Å². The van der Waals surface area contributed by atoms with Gasteiger partial charge in [-0.15, -0.1) is 5.10 Å². The molecule has 1 amide bonds. The fourth-order valence-corrected chi connectivity index (χ4v) is 2.90. The molecule has 6 heteroatoms. The van der Waals surface area contributed by atoms with Crippen molar-refractivity contribution in [3.8, 4) is 0 Å². The van der Waals surface area contributed by atoms with E-state index in [1.165, 1.54) is 0 Å². The van der Waals surface area contributed by atoms with Crippen molar-refractivity contribution in [2.45, 2.75) is 44.8 Å². The van der Waals surface area contributed by atoms with E-state index in [0.29, 0.717) is 17.6 Å². The molecular weight excluding hydrogens is 268 g/mol. The number of aryl methyl sites for hydroxylation is 1. The zero-order valence-corrected chi connectivity index (χ0v) is 12.2. The quantitative estimate of drug-likeness (QED) is 0.893. The Hall–Kier alpha value is -1.95. The van der Waals surface area contributed by atoms with Crippen LogP contribution in [0.1, 0.15) is 43.0 Å². The van der Waals surface area contributed by atoms with E-state index < -0.39 is 5.60 Å². The number of nitrogens with zero attached hydrogens (tertiary/aromatic N) is 3. The van der Waals surface area contributed by atoms with Crippen LogP contribution in [-0.2, 0) is 6.54 Å². The van der Waals surface area contributed by atoms with Gasteiger partial charge in [-0.3, -0.25) is 4.79 Å². The molecule has 1 heterocycles. The molecule has 0 saturated heterocycles. The van der Waals surface area contributed by atoms with Crippen molar-refractivity contribution in [1.82, 2.24) is 20.3 Å². The monoisotopic (exact) mass is 288 g/mol. The lowest BCUT2D eigenvalue weighted by molar-refractivity contribution is 0.0449. The van der Waals surface area contributed by atoms with E-state index in [-0.39, 0.29) is 5.91 Å². The zero-order chi connectivity index (χ0) is 14.9. The van der Waals surface area contributed by atoms with Gasteiger partial charge in [0.05, 0.1) is 11.1 Å². The molecule has 1 aliphatic carbocycles. The molecule has 0 spiro atoms. The molecule has 0 unspecified atom stereocenters. The molecule has 1 aliphatic rings. The highest BCUT2D eigenvalue weighted by Crippen LogP contribution is 2.28. The minimum Gasteiger partial charge on any atom is -0.388 e. The Bertz CT molecular complexity index is 659. The van der Waals surface area contributed by atoms with Crippen molar-refractivity contribution in [3.63, 3.8) is 0 Å². The molecule has 1 saturated carbocycles. The predicted molar refractivity (Wildman–Crippen MR) is 79.0 cm³/mol. The fraction of sp³-hybridized carbons (Fsp3) is 0.533. The van der Waals surface area contributed by atoms with E-state index >= 15 is 0 Å². The van der Waals surface area contributed by atoms with Crippen LogP contribution in [0.5, 0.6) is 0 Å². The third-order valence-corrected chi connectivity index (χ3v) is 4.19. The second kappa shape index (κ2) is 5.44. The number of amides is 1. The van der Waals surface area contributed by atoms with Crippen LogP contribution < -0.4 is 5.32 Å². The van der Waals surface area contributed by atoms with E-state index in [4.69, 9.17) is 0 Å². The lowest BCUT2D eigenvalue weighted by Crippen LogP contribution is -2.40. The van der Waals surface area contributed by atoms with E-state index in [9.17, 15) is 9.90 Å². The maximum absolute atomic E-state index is 12.2. The van der Waals surface area contributed by atoms with Crippen LogP contribution in [0.3, 0.4) is 0 Å². The fourth-order valence-electron chi connectivity index (χ4n) is 2.90. The molecule has 6 nitrogen and oxygen atoms in total. The maximum Gasteiger partial charge on any atom is 0.251 e. The number of aromatic nitrogens is 3. The van der Waals surface area contributed by atoms with Crippen LogP contribution in [0.15, 0.2) is 18.2 Å². The van der Waals surface area contributed by atoms with Crippen molar-refractivity contribution >= 4 is 16.9 Å². The standard InChI is InChI=1S/C15H20N4O2/c1-2-19-13-6-5-11(9-12(13)17-18-19)14(20)16-10-15(21)7-3-4-8-15/h5-6,9,21H,2-4,7-8,10H2,1H3,(H,16,20). The summed E-state index contributed by atoms with van der Waals surface area (Å²) >= 11 is 0. The van der Waals surface area contributed by atoms with Gasteiger partial charge in [0, 0.05) is 18.7 Å². The van der Waals surface area contributed by atoms with Crippen molar-refractivity contribution < 1.29 is 9.90 Å². The van der Waals surface area contributed by atoms with Gasteiger partial charge in [-0.05, 0) is 38.0 Å². The number of nitrogens with one attached hydrogen (secondary N) is 1. The van der Waals surface area contributed by atoms with E-state index in [2.05, 4.69) is 15.6 Å². The first-order chi connectivity index (χ1) is 10.1. The smallest absolute Gasteiger partial charge is 0.251 e. The summed E-state index contributed by atoms with van der Waals surface area (Å²) in [5.41, 5.74) is 1.45. The first-order valence-corrected chi connectivity index (χ1v) is 7.45. The van der Waals surface area contributed by atoms with Crippen LogP contribution in [0, 0.1) is 0 Å². The minimum atomic E-state index is -0.731. The molecule has 0 atom stereocenters. The number of benzene rings is 1. The van der Waals surface area contributed by atoms with Gasteiger partial charge in [0.2, 0.25) is 0 Å². The summed E-state index contributed by atoms with van der Waals surface area (Å²) in [5.74, 6) is -0.178. The van der Waals surface area contributed by atoms with Gasteiger partial charge in [-0.25, -0.2) is 4.68 Å². The highest BCUT2D eigenvalue weighted by molar-refractivity contribution is 5.97. The van der Waals surface area contributed by atoms with Crippen molar-refractivity contribution in [1.29, 1.82) is 0 Å². The Morgan fingerprint density at radius 3 is 2.90 bits per heavy atom. The summed E-state index contributed by atoms with van der Waals surface area (Å²) < 4.78 is 1.79. The van der Waals surface area contributed by atoms with Gasteiger partial charge in [0.25, 0.3) is 5.91 Å². The van der Waals surface area contributed by atoms with Crippen LogP contribution in [0.4, 0.5) is 0 Å². The van der Waals surface area contributed by atoms with Gasteiger partial charge >= 0.3 is 0 Å². The molecule has 1 aromatic carbocycles. The molecule has 1 aromatic heterocycles. The van der Waals surface area contributed by atoms with Gasteiger partial charge < -0.3 is 10.4 Å². The van der Waals surface area contributed by atoms with Crippen molar-refractivity contribution in [3.05, 3.63) is 23.8 Å². The lowest BCUT2D eigenvalue weighted by atomic mass is 10.0. The van der Waals surface area contributed by atoms with Crippen molar-refractivity contribution in [2.75, 3.05) is 6.54 Å². The lowest BCUT2D eigenvalue weighted by Gasteiger charge is -2.22. The average Bonchev–Trinajstić information content (AvgIpc) is 3.10. The van der Waals surface area contributed by atoms with Gasteiger partial charge in [0.15, 0.2) is 0 Å². The van der Waals surface area contributed by atoms with Crippen LogP contribution in [-0.4, -0.2) is 38.2 Å². The highest BCUT2D eigenvalue weighted by atomic mass is 16.3. The van der Waals surface area contributed by atoms with Crippen LogP contribution in [0.2, 0.25) is 0 Å². The summed E-state index contributed by atoms with van der Waals surface area (Å²) in [6.45, 7) is 3.05. The van der Waals surface area contributed by atoms with Crippen molar-refractivity contribution in [2.24, 2.45) is 0 Å². The summed E-state index contributed by atoms with van der Waals surface area (Å²) in [6, 6.07) is 5.37.